The Morgan fingerprint density at radius 2 is 1.86 bits per heavy atom. The number of primary sulfonamides is 1. The van der Waals surface area contributed by atoms with E-state index in [1.165, 1.54) is 6.07 Å². The summed E-state index contributed by atoms with van der Waals surface area (Å²) in [5.74, 6) is -0.378. The van der Waals surface area contributed by atoms with Crippen LogP contribution in [0.4, 0.5) is 0 Å². The number of sulfonamides is 1. The number of hydrogen-bond acceptors (Lipinski definition) is 4. The minimum Gasteiger partial charge on any atom is -0.492 e. The summed E-state index contributed by atoms with van der Waals surface area (Å²) in [6, 6.07) is 3.16. The fraction of sp³-hybridized carbons (Fsp3) is 0.500. The lowest BCUT2D eigenvalue weighted by atomic mass is 10.0. The monoisotopic (exact) mass is 314 g/mol. The normalized spacial score (nSPS) is 13.2. The van der Waals surface area contributed by atoms with Crippen LogP contribution in [0.15, 0.2) is 17.0 Å². The summed E-state index contributed by atoms with van der Waals surface area (Å²) in [6.07, 6.45) is 0. The SMILES string of the molecule is Cc1cc(S(N)(=O)=O)c(C(C)C)cc1OCC(C)C(N)=O. The second-order valence-corrected chi connectivity index (χ2v) is 7.00. The van der Waals surface area contributed by atoms with E-state index in [0.29, 0.717) is 16.9 Å². The van der Waals surface area contributed by atoms with Gasteiger partial charge in [-0.1, -0.05) is 20.8 Å². The van der Waals surface area contributed by atoms with Gasteiger partial charge in [-0.3, -0.25) is 4.79 Å². The molecule has 0 spiro atoms. The Hall–Kier alpha value is -1.60. The highest BCUT2D eigenvalue weighted by atomic mass is 32.2. The number of ether oxygens (including phenoxy) is 1. The molecule has 0 radical (unpaired) electrons. The maximum absolute atomic E-state index is 11.7. The topological polar surface area (TPSA) is 112 Å². The zero-order chi connectivity index (χ0) is 16.4. The summed E-state index contributed by atoms with van der Waals surface area (Å²) in [5, 5.41) is 5.25. The van der Waals surface area contributed by atoms with Crippen LogP contribution in [0.3, 0.4) is 0 Å². The molecule has 7 heteroatoms. The third-order valence-corrected chi connectivity index (χ3v) is 4.18. The van der Waals surface area contributed by atoms with Gasteiger partial charge >= 0.3 is 0 Å². The molecule has 4 N–H and O–H groups in total. The first-order valence-corrected chi connectivity index (χ1v) is 8.18. The number of hydrogen-bond donors (Lipinski definition) is 2. The lowest BCUT2D eigenvalue weighted by Crippen LogP contribution is -2.26. The van der Waals surface area contributed by atoms with Gasteiger partial charge in [-0.15, -0.1) is 0 Å². The molecule has 0 aliphatic carbocycles. The maximum atomic E-state index is 11.7. The third-order valence-electron chi connectivity index (χ3n) is 3.21. The molecule has 1 aromatic carbocycles. The summed E-state index contributed by atoms with van der Waals surface area (Å²) in [6.45, 7) is 7.27. The first kappa shape index (κ1) is 17.5. The maximum Gasteiger partial charge on any atom is 0.238 e. The quantitative estimate of drug-likeness (QED) is 0.823. The Balaban J connectivity index is 3.19. The number of rotatable bonds is 6. The smallest absolute Gasteiger partial charge is 0.238 e. The van der Waals surface area contributed by atoms with Crippen molar-refractivity contribution in [3.8, 4) is 5.75 Å². The van der Waals surface area contributed by atoms with E-state index in [4.69, 9.17) is 15.6 Å². The molecule has 6 nitrogen and oxygen atoms in total. The van der Waals surface area contributed by atoms with Crippen LogP contribution in [0.2, 0.25) is 0 Å². The van der Waals surface area contributed by atoms with Gasteiger partial charge in [0.2, 0.25) is 15.9 Å². The summed E-state index contributed by atoms with van der Waals surface area (Å²) in [5.41, 5.74) is 6.41. The number of primary amides is 1. The van der Waals surface area contributed by atoms with Crippen molar-refractivity contribution >= 4 is 15.9 Å². The predicted molar refractivity (Wildman–Crippen MR) is 80.5 cm³/mol. The van der Waals surface area contributed by atoms with Crippen LogP contribution in [0.25, 0.3) is 0 Å². The van der Waals surface area contributed by atoms with E-state index in [9.17, 15) is 13.2 Å². The number of amides is 1. The molecule has 1 atom stereocenters. The lowest BCUT2D eigenvalue weighted by Gasteiger charge is -2.17. The number of benzene rings is 1. The van der Waals surface area contributed by atoms with Gasteiger partial charge in [0.15, 0.2) is 0 Å². The molecule has 118 valence electrons. The summed E-state index contributed by atoms with van der Waals surface area (Å²) >= 11 is 0. The van der Waals surface area contributed by atoms with Gasteiger partial charge in [-0.25, -0.2) is 13.6 Å². The molecule has 1 rings (SSSR count). The Morgan fingerprint density at radius 1 is 1.29 bits per heavy atom. The Bertz CT molecular complexity index is 639. The molecular formula is C14H22N2O4S. The molecule has 1 unspecified atom stereocenters. The van der Waals surface area contributed by atoms with Crippen molar-refractivity contribution in [2.24, 2.45) is 16.8 Å². The van der Waals surface area contributed by atoms with E-state index in [0.717, 1.165) is 0 Å². The van der Waals surface area contributed by atoms with E-state index in [2.05, 4.69) is 0 Å². The van der Waals surface area contributed by atoms with Gasteiger partial charge in [0.1, 0.15) is 5.75 Å². The highest BCUT2D eigenvalue weighted by Crippen LogP contribution is 2.30. The minimum atomic E-state index is -3.79. The van der Waals surface area contributed by atoms with Crippen molar-refractivity contribution < 1.29 is 17.9 Å². The van der Waals surface area contributed by atoms with Crippen molar-refractivity contribution in [2.75, 3.05) is 6.61 Å². The summed E-state index contributed by atoms with van der Waals surface area (Å²) < 4.78 is 28.9. The first-order chi connectivity index (χ1) is 9.54. The number of carbonyl (C=O) groups excluding carboxylic acids is 1. The van der Waals surface area contributed by atoms with Crippen LogP contribution >= 0.6 is 0 Å². The second kappa shape index (κ2) is 6.44. The highest BCUT2D eigenvalue weighted by Gasteiger charge is 2.19. The standard InChI is InChI=1S/C14H22N2O4S/c1-8(2)11-6-12(20-7-10(4)14(15)17)9(3)5-13(11)21(16,18)19/h5-6,8,10H,7H2,1-4H3,(H2,15,17)(H2,16,18,19). The largest absolute Gasteiger partial charge is 0.492 e. The number of carbonyl (C=O) groups is 1. The van der Waals surface area contributed by atoms with Gasteiger partial charge in [0, 0.05) is 0 Å². The third kappa shape index (κ3) is 4.44. The summed E-state index contributed by atoms with van der Waals surface area (Å²) in [4.78, 5) is 11.1. The van der Waals surface area contributed by atoms with Gasteiger partial charge in [0.05, 0.1) is 17.4 Å². The zero-order valence-electron chi connectivity index (χ0n) is 12.7. The van der Waals surface area contributed by atoms with E-state index in [-0.39, 0.29) is 17.4 Å². The van der Waals surface area contributed by atoms with Crippen molar-refractivity contribution in [1.29, 1.82) is 0 Å². The Labute approximate surface area is 125 Å². The number of nitrogens with two attached hydrogens (primary N) is 2. The van der Waals surface area contributed by atoms with Gasteiger partial charge < -0.3 is 10.5 Å². The van der Waals surface area contributed by atoms with Crippen molar-refractivity contribution in [3.05, 3.63) is 23.3 Å². The van der Waals surface area contributed by atoms with Crippen LogP contribution in [0, 0.1) is 12.8 Å². The van der Waals surface area contributed by atoms with E-state index >= 15 is 0 Å². The average molecular weight is 314 g/mol. The molecule has 0 bridgehead atoms. The Kier molecular flexibility index (Phi) is 5.36. The zero-order valence-corrected chi connectivity index (χ0v) is 13.5. The van der Waals surface area contributed by atoms with E-state index in [1.807, 2.05) is 13.8 Å². The van der Waals surface area contributed by atoms with Crippen LogP contribution < -0.4 is 15.6 Å². The number of aryl methyl sites for hydroxylation is 1. The molecule has 0 saturated heterocycles. The summed E-state index contributed by atoms with van der Waals surface area (Å²) in [7, 11) is -3.79. The van der Waals surface area contributed by atoms with E-state index < -0.39 is 21.8 Å². The van der Waals surface area contributed by atoms with Crippen molar-refractivity contribution in [2.45, 2.75) is 38.5 Å². The van der Waals surface area contributed by atoms with Gasteiger partial charge in [-0.05, 0) is 36.1 Å². The molecular weight excluding hydrogens is 292 g/mol. The minimum absolute atomic E-state index is 0.0326. The molecule has 0 saturated carbocycles. The Morgan fingerprint density at radius 3 is 2.29 bits per heavy atom. The van der Waals surface area contributed by atoms with Gasteiger partial charge in [-0.2, -0.15) is 0 Å². The second-order valence-electron chi connectivity index (χ2n) is 5.47. The molecule has 0 aromatic heterocycles. The molecule has 0 aliphatic rings. The van der Waals surface area contributed by atoms with Crippen LogP contribution in [-0.4, -0.2) is 20.9 Å². The predicted octanol–water partition coefficient (Wildman–Crippen LogP) is 1.27. The molecule has 21 heavy (non-hydrogen) atoms. The first-order valence-electron chi connectivity index (χ1n) is 6.63. The van der Waals surface area contributed by atoms with Crippen molar-refractivity contribution in [3.63, 3.8) is 0 Å². The fourth-order valence-electron chi connectivity index (χ4n) is 1.83. The average Bonchev–Trinajstić information content (AvgIpc) is 2.34. The van der Waals surface area contributed by atoms with Gasteiger partial charge in [0.25, 0.3) is 0 Å². The molecule has 0 aliphatic heterocycles. The molecule has 1 aromatic rings. The van der Waals surface area contributed by atoms with Crippen LogP contribution in [-0.2, 0) is 14.8 Å². The lowest BCUT2D eigenvalue weighted by molar-refractivity contribution is -0.122. The molecule has 0 fully saturated rings. The highest BCUT2D eigenvalue weighted by molar-refractivity contribution is 7.89. The fourth-order valence-corrected chi connectivity index (χ4v) is 2.79. The van der Waals surface area contributed by atoms with Crippen LogP contribution in [0.1, 0.15) is 37.8 Å². The van der Waals surface area contributed by atoms with Crippen molar-refractivity contribution in [1.82, 2.24) is 0 Å². The molecule has 1 amide bonds. The molecule has 0 heterocycles. The van der Waals surface area contributed by atoms with E-state index in [1.54, 1.807) is 19.9 Å². The van der Waals surface area contributed by atoms with Crippen LogP contribution in [0.5, 0.6) is 5.75 Å².